The largest absolute Gasteiger partial charge is 0.481 e. The minimum absolute atomic E-state index is 0.00252. The molecule has 2 N–H and O–H groups in total. The van der Waals surface area contributed by atoms with Gasteiger partial charge < -0.3 is 24.4 Å². The molecule has 0 radical (unpaired) electrons. The van der Waals surface area contributed by atoms with Gasteiger partial charge in [0.1, 0.15) is 6.10 Å². The van der Waals surface area contributed by atoms with Crippen LogP contribution < -0.4 is 0 Å². The van der Waals surface area contributed by atoms with Crippen LogP contribution in [0.3, 0.4) is 0 Å². The number of esters is 1. The van der Waals surface area contributed by atoms with E-state index in [4.69, 9.17) is 19.3 Å². The molecule has 2 heterocycles. The normalized spacial score (nSPS) is 32.6. The van der Waals surface area contributed by atoms with Gasteiger partial charge in [0.05, 0.1) is 42.4 Å². The van der Waals surface area contributed by atoms with Crippen LogP contribution in [-0.4, -0.2) is 58.8 Å². The minimum Gasteiger partial charge on any atom is -0.481 e. The Morgan fingerprint density at radius 1 is 0.926 bits per heavy atom. The van der Waals surface area contributed by atoms with Gasteiger partial charge in [-0.05, 0) is 59.8 Å². The fourth-order valence-corrected chi connectivity index (χ4v) is 3.96. The Labute approximate surface area is 161 Å². The van der Waals surface area contributed by atoms with Crippen molar-refractivity contribution in [3.05, 3.63) is 0 Å². The van der Waals surface area contributed by atoms with Gasteiger partial charge >= 0.3 is 11.9 Å². The summed E-state index contributed by atoms with van der Waals surface area (Å²) >= 11 is 0. The first-order valence-electron chi connectivity index (χ1n) is 10.1. The molecule has 8 atom stereocenters. The second-order valence-electron chi connectivity index (χ2n) is 8.23. The zero-order valence-corrected chi connectivity index (χ0v) is 16.8. The first kappa shape index (κ1) is 22.1. The third-order valence-corrected chi connectivity index (χ3v) is 5.67. The van der Waals surface area contributed by atoms with Crippen LogP contribution in [0.2, 0.25) is 0 Å². The van der Waals surface area contributed by atoms with Crippen LogP contribution in [0.5, 0.6) is 0 Å². The standard InChI is InChI=1S/C20H34O7/c1-11(21)9-15-5-8-18(26-15)14(4)20(24)25-12(2)10-16-6-7-17(27-16)13(3)19(22)23/h11-18,21H,5-10H2,1-4H3,(H,22,23)/t11-,12+,13+,14-,15-,16-,17-,18+/m0/s1. The summed E-state index contributed by atoms with van der Waals surface area (Å²) < 4.78 is 17.3. The van der Waals surface area contributed by atoms with E-state index in [1.807, 2.05) is 13.8 Å². The number of carboxylic acids is 1. The molecule has 0 aliphatic carbocycles. The highest BCUT2D eigenvalue weighted by atomic mass is 16.6. The van der Waals surface area contributed by atoms with Crippen molar-refractivity contribution in [3.8, 4) is 0 Å². The summed E-state index contributed by atoms with van der Waals surface area (Å²) in [4.78, 5) is 23.5. The third kappa shape index (κ3) is 6.43. The number of hydrogen-bond donors (Lipinski definition) is 2. The SMILES string of the molecule is C[C@H](O)C[C@@H]1CC[C@H]([C@H](C)C(=O)O[C@H](C)C[C@@H]2CC[C@@H]([C@@H](C)C(=O)O)O2)O1. The highest BCUT2D eigenvalue weighted by Crippen LogP contribution is 2.30. The van der Waals surface area contributed by atoms with Gasteiger partial charge in [-0.15, -0.1) is 0 Å². The van der Waals surface area contributed by atoms with Crippen molar-refractivity contribution in [1.29, 1.82) is 0 Å². The fourth-order valence-electron chi connectivity index (χ4n) is 3.96. The van der Waals surface area contributed by atoms with Gasteiger partial charge in [0.15, 0.2) is 0 Å². The summed E-state index contributed by atoms with van der Waals surface area (Å²) in [7, 11) is 0. The van der Waals surface area contributed by atoms with E-state index in [1.165, 1.54) is 0 Å². The lowest BCUT2D eigenvalue weighted by atomic mass is 10.0. The van der Waals surface area contributed by atoms with Gasteiger partial charge in [-0.1, -0.05) is 0 Å². The lowest BCUT2D eigenvalue weighted by Crippen LogP contribution is -2.32. The molecule has 0 aromatic heterocycles. The molecule has 7 nitrogen and oxygen atoms in total. The summed E-state index contributed by atoms with van der Waals surface area (Å²) in [6, 6.07) is 0. The number of aliphatic hydroxyl groups is 1. The lowest BCUT2D eigenvalue weighted by molar-refractivity contribution is -0.159. The minimum atomic E-state index is -0.848. The number of carboxylic acid groups (broad SMARTS) is 1. The van der Waals surface area contributed by atoms with Crippen LogP contribution in [0.15, 0.2) is 0 Å². The monoisotopic (exact) mass is 386 g/mol. The van der Waals surface area contributed by atoms with Crippen molar-refractivity contribution in [1.82, 2.24) is 0 Å². The van der Waals surface area contributed by atoms with Crippen LogP contribution in [0.1, 0.15) is 66.2 Å². The topological polar surface area (TPSA) is 102 Å². The van der Waals surface area contributed by atoms with E-state index in [0.717, 1.165) is 25.7 Å². The smallest absolute Gasteiger partial charge is 0.311 e. The Balaban J connectivity index is 1.73. The predicted molar refractivity (Wildman–Crippen MR) is 98.2 cm³/mol. The first-order chi connectivity index (χ1) is 12.7. The van der Waals surface area contributed by atoms with Crippen molar-refractivity contribution in [2.24, 2.45) is 11.8 Å². The molecule has 156 valence electrons. The van der Waals surface area contributed by atoms with Crippen molar-refractivity contribution in [2.75, 3.05) is 0 Å². The third-order valence-electron chi connectivity index (χ3n) is 5.67. The number of hydrogen-bond acceptors (Lipinski definition) is 6. The average molecular weight is 386 g/mol. The highest BCUT2D eigenvalue weighted by Gasteiger charge is 2.36. The second-order valence-corrected chi connectivity index (χ2v) is 8.23. The Kier molecular flexibility index (Phi) is 8.06. The zero-order chi connectivity index (χ0) is 20.1. The van der Waals surface area contributed by atoms with Gasteiger partial charge in [-0.25, -0.2) is 0 Å². The van der Waals surface area contributed by atoms with Crippen LogP contribution in [-0.2, 0) is 23.8 Å². The molecule has 27 heavy (non-hydrogen) atoms. The molecule has 2 aliphatic rings. The number of rotatable bonds is 9. The maximum absolute atomic E-state index is 12.4. The summed E-state index contributed by atoms with van der Waals surface area (Å²) in [5, 5.41) is 18.6. The summed E-state index contributed by atoms with van der Waals surface area (Å²) in [6.45, 7) is 7.06. The molecule has 0 aromatic carbocycles. The molecule has 7 heteroatoms. The van der Waals surface area contributed by atoms with E-state index in [9.17, 15) is 14.7 Å². The molecule has 0 aromatic rings. The first-order valence-corrected chi connectivity index (χ1v) is 10.1. The van der Waals surface area contributed by atoms with Crippen molar-refractivity contribution in [2.45, 2.75) is 103 Å². The number of aliphatic hydroxyl groups excluding tert-OH is 1. The Morgan fingerprint density at radius 2 is 1.44 bits per heavy atom. The molecule has 2 aliphatic heterocycles. The maximum Gasteiger partial charge on any atom is 0.311 e. The van der Waals surface area contributed by atoms with Crippen LogP contribution in [0, 0.1) is 11.8 Å². The maximum atomic E-state index is 12.4. The molecular weight excluding hydrogens is 352 g/mol. The van der Waals surface area contributed by atoms with Gasteiger partial charge in [-0.2, -0.15) is 0 Å². The summed E-state index contributed by atoms with van der Waals surface area (Å²) in [5.74, 6) is -2.00. The van der Waals surface area contributed by atoms with Gasteiger partial charge in [0.25, 0.3) is 0 Å². The zero-order valence-electron chi connectivity index (χ0n) is 16.8. The van der Waals surface area contributed by atoms with E-state index < -0.39 is 18.0 Å². The van der Waals surface area contributed by atoms with E-state index in [1.54, 1.807) is 13.8 Å². The van der Waals surface area contributed by atoms with Crippen molar-refractivity contribution >= 4 is 11.9 Å². The van der Waals surface area contributed by atoms with Crippen molar-refractivity contribution < 1.29 is 34.0 Å². The lowest BCUT2D eigenvalue weighted by Gasteiger charge is -2.23. The Bertz CT molecular complexity index is 507. The van der Waals surface area contributed by atoms with Gasteiger partial charge in [-0.3, -0.25) is 9.59 Å². The Morgan fingerprint density at radius 3 is 1.96 bits per heavy atom. The fraction of sp³-hybridized carbons (Fsp3) is 0.900. The highest BCUT2D eigenvalue weighted by molar-refractivity contribution is 5.73. The second kappa shape index (κ2) is 9.85. The predicted octanol–water partition coefficient (Wildman–Crippen LogP) is 2.53. The van der Waals surface area contributed by atoms with Gasteiger partial charge in [0, 0.05) is 6.42 Å². The van der Waals surface area contributed by atoms with E-state index in [-0.39, 0.29) is 42.4 Å². The molecule has 0 amide bonds. The molecule has 0 spiro atoms. The number of carbonyl (C=O) groups is 2. The average Bonchev–Trinajstić information content (AvgIpc) is 3.22. The Hall–Kier alpha value is -1.18. The number of ether oxygens (including phenoxy) is 3. The number of aliphatic carboxylic acids is 1. The van der Waals surface area contributed by atoms with Crippen molar-refractivity contribution in [3.63, 3.8) is 0 Å². The van der Waals surface area contributed by atoms with E-state index >= 15 is 0 Å². The molecule has 2 rings (SSSR count). The van der Waals surface area contributed by atoms with E-state index in [2.05, 4.69) is 0 Å². The van der Waals surface area contributed by atoms with E-state index in [0.29, 0.717) is 12.8 Å². The molecule has 0 saturated carbocycles. The summed E-state index contributed by atoms with van der Waals surface area (Å²) in [6.07, 6.45) is 3.08. The molecule has 0 unspecified atom stereocenters. The molecule has 0 bridgehead atoms. The molecule has 2 saturated heterocycles. The van der Waals surface area contributed by atoms with Gasteiger partial charge in [0.2, 0.25) is 0 Å². The van der Waals surface area contributed by atoms with Crippen LogP contribution in [0.25, 0.3) is 0 Å². The molecular formula is C20H34O7. The molecule has 2 fully saturated rings. The number of carbonyl (C=O) groups excluding carboxylic acids is 1. The quantitative estimate of drug-likeness (QED) is 0.587. The van der Waals surface area contributed by atoms with Crippen LogP contribution in [0.4, 0.5) is 0 Å². The van der Waals surface area contributed by atoms with Crippen LogP contribution >= 0.6 is 0 Å². The summed E-state index contributed by atoms with van der Waals surface area (Å²) in [5.41, 5.74) is 0.